The third kappa shape index (κ3) is 3.19. The van der Waals surface area contributed by atoms with E-state index in [1.165, 1.54) is 0 Å². The first-order chi connectivity index (χ1) is 9.27. The lowest BCUT2D eigenvalue weighted by atomic mass is 10.0. The SMILES string of the molecule is Cc1ccc(C(O)Cn2cc(C(F)(F)F)cn2)cc1C. The minimum atomic E-state index is -4.41. The highest BCUT2D eigenvalue weighted by atomic mass is 19.4. The first-order valence-electron chi connectivity index (χ1n) is 6.12. The van der Waals surface area contributed by atoms with E-state index in [-0.39, 0.29) is 6.54 Å². The maximum absolute atomic E-state index is 12.4. The van der Waals surface area contributed by atoms with Crippen LogP contribution in [0.1, 0.15) is 28.4 Å². The summed E-state index contributed by atoms with van der Waals surface area (Å²) in [6.45, 7) is 3.86. The Kier molecular flexibility index (Phi) is 3.85. The van der Waals surface area contributed by atoms with Gasteiger partial charge in [-0.15, -0.1) is 0 Å². The third-order valence-corrected chi connectivity index (χ3v) is 3.24. The van der Waals surface area contributed by atoms with Gasteiger partial charge < -0.3 is 5.11 Å². The van der Waals surface area contributed by atoms with Gasteiger partial charge in [0, 0.05) is 6.20 Å². The number of aryl methyl sites for hydroxylation is 2. The Labute approximate surface area is 114 Å². The van der Waals surface area contributed by atoms with Gasteiger partial charge in [0.1, 0.15) is 0 Å². The molecule has 0 amide bonds. The normalized spacial score (nSPS) is 13.5. The Morgan fingerprint density at radius 3 is 2.50 bits per heavy atom. The first kappa shape index (κ1) is 14.6. The average molecular weight is 284 g/mol. The highest BCUT2D eigenvalue weighted by Gasteiger charge is 2.32. The van der Waals surface area contributed by atoms with Crippen molar-refractivity contribution in [3.05, 3.63) is 52.8 Å². The Bertz CT molecular complexity index is 605. The Hall–Kier alpha value is -1.82. The Morgan fingerprint density at radius 2 is 1.95 bits per heavy atom. The maximum atomic E-state index is 12.4. The van der Waals surface area contributed by atoms with Crippen molar-refractivity contribution in [2.75, 3.05) is 0 Å². The molecule has 0 radical (unpaired) electrons. The largest absolute Gasteiger partial charge is 0.419 e. The van der Waals surface area contributed by atoms with Crippen molar-refractivity contribution < 1.29 is 18.3 Å². The topological polar surface area (TPSA) is 38.0 Å². The molecule has 0 aliphatic rings. The molecular formula is C14H15F3N2O. The zero-order valence-electron chi connectivity index (χ0n) is 11.1. The van der Waals surface area contributed by atoms with Gasteiger partial charge in [-0.3, -0.25) is 4.68 Å². The molecule has 1 unspecified atom stereocenters. The number of nitrogens with zero attached hydrogens (tertiary/aromatic N) is 2. The monoisotopic (exact) mass is 284 g/mol. The molecule has 0 aliphatic heterocycles. The molecule has 1 aromatic heterocycles. The molecular weight excluding hydrogens is 269 g/mol. The van der Waals surface area contributed by atoms with Crippen molar-refractivity contribution in [2.45, 2.75) is 32.7 Å². The predicted octanol–water partition coefficient (Wildman–Crippen LogP) is 3.25. The van der Waals surface area contributed by atoms with Crippen LogP contribution >= 0.6 is 0 Å². The third-order valence-electron chi connectivity index (χ3n) is 3.24. The van der Waals surface area contributed by atoms with E-state index in [0.717, 1.165) is 28.2 Å². The van der Waals surface area contributed by atoms with Crippen molar-refractivity contribution in [1.29, 1.82) is 0 Å². The number of hydrogen-bond acceptors (Lipinski definition) is 2. The van der Waals surface area contributed by atoms with Gasteiger partial charge >= 0.3 is 6.18 Å². The summed E-state index contributed by atoms with van der Waals surface area (Å²) < 4.78 is 38.4. The van der Waals surface area contributed by atoms with Crippen LogP contribution in [0.25, 0.3) is 0 Å². The molecule has 2 rings (SSSR count). The van der Waals surface area contributed by atoms with Crippen LogP contribution in [0.2, 0.25) is 0 Å². The van der Waals surface area contributed by atoms with Gasteiger partial charge in [0.25, 0.3) is 0 Å². The number of rotatable bonds is 3. The number of hydrogen-bond donors (Lipinski definition) is 1. The summed E-state index contributed by atoms with van der Waals surface area (Å²) in [5, 5.41) is 13.7. The summed E-state index contributed by atoms with van der Waals surface area (Å²) in [6.07, 6.45) is -3.66. The molecule has 6 heteroatoms. The first-order valence-corrected chi connectivity index (χ1v) is 6.12. The number of halogens is 3. The fraction of sp³-hybridized carbons (Fsp3) is 0.357. The van der Waals surface area contributed by atoms with Crippen molar-refractivity contribution >= 4 is 0 Å². The smallest absolute Gasteiger partial charge is 0.386 e. The molecule has 1 heterocycles. The number of aliphatic hydroxyl groups is 1. The van der Waals surface area contributed by atoms with Gasteiger partial charge in [-0.2, -0.15) is 18.3 Å². The standard InChI is InChI=1S/C14H15F3N2O/c1-9-3-4-11(5-10(9)2)13(20)8-19-7-12(6-18-19)14(15,16)17/h3-7,13,20H,8H2,1-2H3. The average Bonchev–Trinajstić information content (AvgIpc) is 2.81. The van der Waals surface area contributed by atoms with Crippen LogP contribution in [0.3, 0.4) is 0 Å². The van der Waals surface area contributed by atoms with E-state index in [2.05, 4.69) is 5.10 Å². The predicted molar refractivity (Wildman–Crippen MR) is 68.1 cm³/mol. The van der Waals surface area contributed by atoms with Crippen LogP contribution in [0.15, 0.2) is 30.6 Å². The van der Waals surface area contributed by atoms with Crippen molar-refractivity contribution in [1.82, 2.24) is 9.78 Å². The molecule has 3 nitrogen and oxygen atoms in total. The van der Waals surface area contributed by atoms with Gasteiger partial charge in [-0.1, -0.05) is 18.2 Å². The van der Waals surface area contributed by atoms with Crippen LogP contribution in [-0.2, 0) is 12.7 Å². The lowest BCUT2D eigenvalue weighted by Gasteiger charge is -2.13. The minimum absolute atomic E-state index is 0.0153. The molecule has 20 heavy (non-hydrogen) atoms. The number of aromatic nitrogens is 2. The molecule has 108 valence electrons. The van der Waals surface area contributed by atoms with Gasteiger partial charge in [-0.25, -0.2) is 0 Å². The van der Waals surface area contributed by atoms with E-state index in [1.54, 1.807) is 6.07 Å². The van der Waals surface area contributed by atoms with Crippen LogP contribution in [0.5, 0.6) is 0 Å². The van der Waals surface area contributed by atoms with E-state index in [0.29, 0.717) is 5.56 Å². The lowest BCUT2D eigenvalue weighted by Crippen LogP contribution is -2.10. The van der Waals surface area contributed by atoms with Crippen LogP contribution in [0, 0.1) is 13.8 Å². The maximum Gasteiger partial charge on any atom is 0.419 e. The number of alkyl halides is 3. The van der Waals surface area contributed by atoms with Crippen molar-refractivity contribution in [2.24, 2.45) is 0 Å². The summed E-state index contributed by atoms with van der Waals surface area (Å²) in [4.78, 5) is 0. The highest BCUT2D eigenvalue weighted by Crippen LogP contribution is 2.29. The van der Waals surface area contributed by atoms with E-state index in [9.17, 15) is 18.3 Å². The molecule has 0 bridgehead atoms. The summed E-state index contributed by atoms with van der Waals surface area (Å²) in [6, 6.07) is 5.47. The summed E-state index contributed by atoms with van der Waals surface area (Å²) >= 11 is 0. The van der Waals surface area contributed by atoms with Crippen LogP contribution < -0.4 is 0 Å². The molecule has 0 aliphatic carbocycles. The van der Waals surface area contributed by atoms with Crippen molar-refractivity contribution in [3.8, 4) is 0 Å². The van der Waals surface area contributed by atoms with Gasteiger partial charge in [0.15, 0.2) is 0 Å². The molecule has 2 aromatic rings. The Morgan fingerprint density at radius 1 is 1.25 bits per heavy atom. The molecule has 1 N–H and O–H groups in total. The summed E-state index contributed by atoms with van der Waals surface area (Å²) in [7, 11) is 0. The summed E-state index contributed by atoms with van der Waals surface area (Å²) in [5.74, 6) is 0. The quantitative estimate of drug-likeness (QED) is 0.939. The van der Waals surface area contributed by atoms with Gasteiger partial charge in [0.2, 0.25) is 0 Å². The second kappa shape index (κ2) is 5.28. The molecule has 0 spiro atoms. The van der Waals surface area contributed by atoms with E-state index in [4.69, 9.17) is 0 Å². The zero-order chi connectivity index (χ0) is 14.9. The molecule has 0 saturated carbocycles. The van der Waals surface area contributed by atoms with Gasteiger partial charge in [-0.05, 0) is 30.5 Å². The zero-order valence-corrected chi connectivity index (χ0v) is 11.1. The van der Waals surface area contributed by atoms with Crippen LogP contribution in [-0.4, -0.2) is 14.9 Å². The second-order valence-corrected chi connectivity index (χ2v) is 4.81. The Balaban J connectivity index is 2.13. The summed E-state index contributed by atoms with van der Waals surface area (Å²) in [5.41, 5.74) is 1.97. The highest BCUT2D eigenvalue weighted by molar-refractivity contribution is 5.31. The van der Waals surface area contributed by atoms with E-state index < -0.39 is 17.8 Å². The minimum Gasteiger partial charge on any atom is -0.386 e. The van der Waals surface area contributed by atoms with E-state index in [1.807, 2.05) is 26.0 Å². The molecule has 0 saturated heterocycles. The molecule has 1 atom stereocenters. The molecule has 1 aromatic carbocycles. The number of aliphatic hydroxyl groups excluding tert-OH is 1. The molecule has 0 fully saturated rings. The second-order valence-electron chi connectivity index (χ2n) is 4.81. The van der Waals surface area contributed by atoms with E-state index >= 15 is 0 Å². The van der Waals surface area contributed by atoms with Gasteiger partial charge in [0.05, 0.1) is 24.4 Å². The van der Waals surface area contributed by atoms with Crippen LogP contribution in [0.4, 0.5) is 13.2 Å². The fourth-order valence-corrected chi connectivity index (χ4v) is 1.86. The number of benzene rings is 1. The van der Waals surface area contributed by atoms with Crippen molar-refractivity contribution in [3.63, 3.8) is 0 Å². The fourth-order valence-electron chi connectivity index (χ4n) is 1.86. The lowest BCUT2D eigenvalue weighted by molar-refractivity contribution is -0.137.